The molecule has 1 aliphatic rings. The van der Waals surface area contributed by atoms with Crippen LogP contribution in [0.2, 0.25) is 0 Å². The Morgan fingerprint density at radius 2 is 1.71 bits per heavy atom. The van der Waals surface area contributed by atoms with Crippen LogP contribution in [0.15, 0.2) is 23.3 Å². The van der Waals surface area contributed by atoms with Gasteiger partial charge in [0.15, 0.2) is 0 Å². The highest BCUT2D eigenvalue weighted by atomic mass is 14.2. The Morgan fingerprint density at radius 1 is 1.07 bits per heavy atom. The minimum Gasteiger partial charge on any atom is -0.0730 e. The average Bonchev–Trinajstić information content (AvgIpc) is 2.19. The zero-order valence-corrected chi connectivity index (χ0v) is 9.97. The summed E-state index contributed by atoms with van der Waals surface area (Å²) in [6.07, 6.45) is 12.7. The molecule has 80 valence electrons. The summed E-state index contributed by atoms with van der Waals surface area (Å²) in [6.45, 7) is 6.84. The van der Waals surface area contributed by atoms with Gasteiger partial charge in [0.25, 0.3) is 0 Å². The van der Waals surface area contributed by atoms with Gasteiger partial charge in [-0.1, -0.05) is 50.0 Å². The van der Waals surface area contributed by atoms with Gasteiger partial charge in [0.2, 0.25) is 0 Å². The van der Waals surface area contributed by atoms with Crippen molar-refractivity contribution in [2.24, 2.45) is 5.92 Å². The molecule has 0 fully saturated rings. The van der Waals surface area contributed by atoms with Crippen LogP contribution in [-0.2, 0) is 0 Å². The summed E-state index contributed by atoms with van der Waals surface area (Å²) in [6, 6.07) is 0. The van der Waals surface area contributed by atoms with E-state index in [1.165, 1.54) is 38.5 Å². The molecule has 0 bridgehead atoms. The molecule has 0 N–H and O–H groups in total. The number of hydrogen-bond acceptors (Lipinski definition) is 0. The SMILES string of the molecule is CCCC(CCC)C1=CC=C(C)CC1. The predicted molar refractivity (Wildman–Crippen MR) is 64.4 cm³/mol. The highest BCUT2D eigenvalue weighted by Gasteiger charge is 2.13. The minimum absolute atomic E-state index is 0.870. The van der Waals surface area contributed by atoms with Crippen LogP contribution >= 0.6 is 0 Å². The normalized spacial score (nSPS) is 16.9. The van der Waals surface area contributed by atoms with Crippen molar-refractivity contribution in [2.75, 3.05) is 0 Å². The summed E-state index contributed by atoms with van der Waals surface area (Å²) in [5.41, 5.74) is 3.25. The van der Waals surface area contributed by atoms with E-state index in [2.05, 4.69) is 32.9 Å². The monoisotopic (exact) mass is 192 g/mol. The molecule has 0 aliphatic heterocycles. The van der Waals surface area contributed by atoms with Crippen molar-refractivity contribution in [3.63, 3.8) is 0 Å². The first-order valence-corrected chi connectivity index (χ1v) is 6.14. The van der Waals surface area contributed by atoms with Crippen molar-refractivity contribution in [1.29, 1.82) is 0 Å². The van der Waals surface area contributed by atoms with E-state index in [4.69, 9.17) is 0 Å². The highest BCUT2D eigenvalue weighted by Crippen LogP contribution is 2.30. The van der Waals surface area contributed by atoms with E-state index in [9.17, 15) is 0 Å². The Balaban J connectivity index is 2.58. The average molecular weight is 192 g/mol. The molecule has 0 radical (unpaired) electrons. The molecular formula is C14H24. The quantitative estimate of drug-likeness (QED) is 0.583. The molecule has 0 aromatic heterocycles. The van der Waals surface area contributed by atoms with E-state index in [0.29, 0.717) is 0 Å². The topological polar surface area (TPSA) is 0 Å². The standard InChI is InChI=1S/C14H24/c1-4-6-13(7-5-2)14-10-8-12(3)9-11-14/h8,10,13H,4-7,9,11H2,1-3H3. The molecule has 0 heterocycles. The van der Waals surface area contributed by atoms with Gasteiger partial charge >= 0.3 is 0 Å². The van der Waals surface area contributed by atoms with Crippen LogP contribution in [0.3, 0.4) is 0 Å². The molecule has 1 rings (SSSR count). The third-order valence-corrected chi connectivity index (χ3v) is 3.19. The maximum atomic E-state index is 2.38. The van der Waals surface area contributed by atoms with Crippen molar-refractivity contribution in [2.45, 2.75) is 59.3 Å². The van der Waals surface area contributed by atoms with Gasteiger partial charge in [0, 0.05) is 0 Å². The zero-order chi connectivity index (χ0) is 10.4. The van der Waals surface area contributed by atoms with Crippen LogP contribution in [0, 0.1) is 5.92 Å². The second-order valence-electron chi connectivity index (χ2n) is 4.53. The Bertz CT molecular complexity index is 214. The first kappa shape index (κ1) is 11.6. The number of allylic oxidation sites excluding steroid dienone is 4. The molecule has 0 spiro atoms. The van der Waals surface area contributed by atoms with Gasteiger partial charge in [-0.15, -0.1) is 0 Å². The van der Waals surface area contributed by atoms with Gasteiger partial charge in [0.1, 0.15) is 0 Å². The molecule has 0 unspecified atom stereocenters. The van der Waals surface area contributed by atoms with Crippen LogP contribution < -0.4 is 0 Å². The largest absolute Gasteiger partial charge is 0.0730 e. The van der Waals surface area contributed by atoms with Crippen LogP contribution in [0.4, 0.5) is 0 Å². The van der Waals surface area contributed by atoms with Gasteiger partial charge in [-0.2, -0.15) is 0 Å². The predicted octanol–water partition coefficient (Wildman–Crippen LogP) is 4.87. The molecule has 0 amide bonds. The van der Waals surface area contributed by atoms with E-state index in [1.807, 2.05) is 0 Å². The Hall–Kier alpha value is -0.520. The summed E-state index contributed by atoms with van der Waals surface area (Å²) >= 11 is 0. The second-order valence-corrected chi connectivity index (χ2v) is 4.53. The van der Waals surface area contributed by atoms with E-state index >= 15 is 0 Å². The lowest BCUT2D eigenvalue weighted by Gasteiger charge is -2.21. The van der Waals surface area contributed by atoms with Crippen molar-refractivity contribution in [1.82, 2.24) is 0 Å². The van der Waals surface area contributed by atoms with Crippen LogP contribution in [0.1, 0.15) is 59.3 Å². The maximum Gasteiger partial charge on any atom is -0.0200 e. The minimum atomic E-state index is 0.870. The van der Waals surface area contributed by atoms with E-state index in [0.717, 1.165) is 5.92 Å². The summed E-state index contributed by atoms with van der Waals surface area (Å²) in [7, 11) is 0. The van der Waals surface area contributed by atoms with E-state index in [-0.39, 0.29) is 0 Å². The summed E-state index contributed by atoms with van der Waals surface area (Å²) in [5.74, 6) is 0.870. The maximum absolute atomic E-state index is 2.38. The molecule has 0 saturated heterocycles. The van der Waals surface area contributed by atoms with Crippen molar-refractivity contribution in [3.05, 3.63) is 23.3 Å². The van der Waals surface area contributed by atoms with Gasteiger partial charge in [-0.05, 0) is 38.5 Å². The van der Waals surface area contributed by atoms with Crippen molar-refractivity contribution < 1.29 is 0 Å². The molecule has 0 aromatic carbocycles. The fourth-order valence-electron chi connectivity index (χ4n) is 2.31. The lowest BCUT2D eigenvalue weighted by molar-refractivity contribution is 0.487. The molecule has 14 heavy (non-hydrogen) atoms. The van der Waals surface area contributed by atoms with Gasteiger partial charge in [-0.25, -0.2) is 0 Å². The number of hydrogen-bond donors (Lipinski definition) is 0. The van der Waals surface area contributed by atoms with Gasteiger partial charge < -0.3 is 0 Å². The first-order chi connectivity index (χ1) is 6.77. The van der Waals surface area contributed by atoms with Crippen LogP contribution in [-0.4, -0.2) is 0 Å². The summed E-state index contributed by atoms with van der Waals surface area (Å²) in [4.78, 5) is 0. The zero-order valence-electron chi connectivity index (χ0n) is 9.97. The van der Waals surface area contributed by atoms with E-state index < -0.39 is 0 Å². The highest BCUT2D eigenvalue weighted by molar-refractivity contribution is 5.24. The molecule has 0 atom stereocenters. The number of rotatable bonds is 5. The molecule has 1 aliphatic carbocycles. The third-order valence-electron chi connectivity index (χ3n) is 3.19. The Labute approximate surface area is 89.1 Å². The van der Waals surface area contributed by atoms with Gasteiger partial charge in [-0.3, -0.25) is 0 Å². The fraction of sp³-hybridized carbons (Fsp3) is 0.714. The lowest BCUT2D eigenvalue weighted by Crippen LogP contribution is -2.06. The molecule has 0 heteroatoms. The molecule has 0 saturated carbocycles. The first-order valence-electron chi connectivity index (χ1n) is 6.14. The third kappa shape index (κ3) is 3.32. The lowest BCUT2D eigenvalue weighted by atomic mass is 9.84. The Morgan fingerprint density at radius 3 is 2.14 bits per heavy atom. The summed E-state index contributed by atoms with van der Waals surface area (Å²) < 4.78 is 0. The molecular weight excluding hydrogens is 168 g/mol. The van der Waals surface area contributed by atoms with Crippen molar-refractivity contribution in [3.8, 4) is 0 Å². The molecule has 0 aromatic rings. The van der Waals surface area contributed by atoms with Crippen LogP contribution in [0.25, 0.3) is 0 Å². The van der Waals surface area contributed by atoms with Crippen molar-refractivity contribution >= 4 is 0 Å². The van der Waals surface area contributed by atoms with Crippen LogP contribution in [0.5, 0.6) is 0 Å². The Kier molecular flexibility index (Phi) is 5.00. The smallest absolute Gasteiger partial charge is 0.0200 e. The molecule has 0 nitrogen and oxygen atoms in total. The summed E-state index contributed by atoms with van der Waals surface area (Å²) in [5, 5.41) is 0. The second kappa shape index (κ2) is 6.06. The van der Waals surface area contributed by atoms with E-state index in [1.54, 1.807) is 11.1 Å². The van der Waals surface area contributed by atoms with Gasteiger partial charge in [0.05, 0.1) is 0 Å². The fourth-order valence-corrected chi connectivity index (χ4v) is 2.31.